The van der Waals surface area contributed by atoms with Crippen LogP contribution in [0.5, 0.6) is 5.75 Å². The van der Waals surface area contributed by atoms with Crippen LogP contribution in [0.1, 0.15) is 21.9 Å². The third-order valence-corrected chi connectivity index (χ3v) is 4.24. The molecule has 27 heavy (non-hydrogen) atoms. The van der Waals surface area contributed by atoms with E-state index >= 15 is 0 Å². The Labute approximate surface area is 157 Å². The number of carbonyl (C=O) groups is 1. The molecule has 1 heterocycles. The van der Waals surface area contributed by atoms with Gasteiger partial charge in [0.05, 0.1) is 0 Å². The minimum Gasteiger partial charge on any atom is -0.486 e. The number of furan rings is 1. The highest BCUT2D eigenvalue weighted by molar-refractivity contribution is 6.08. The van der Waals surface area contributed by atoms with E-state index in [0.29, 0.717) is 23.7 Å². The van der Waals surface area contributed by atoms with E-state index in [1.54, 1.807) is 6.08 Å². The van der Waals surface area contributed by atoms with Crippen molar-refractivity contribution < 1.29 is 13.9 Å². The summed E-state index contributed by atoms with van der Waals surface area (Å²) in [5.41, 5.74) is 0.657. The molecule has 0 unspecified atom stereocenters. The molecule has 0 fully saturated rings. The fourth-order valence-electron chi connectivity index (χ4n) is 2.83. The van der Waals surface area contributed by atoms with Crippen molar-refractivity contribution in [1.29, 1.82) is 0 Å². The molecule has 132 valence electrons. The number of para-hydroxylation sites is 1. The van der Waals surface area contributed by atoms with Crippen LogP contribution in [-0.4, -0.2) is 5.78 Å². The molecule has 0 amide bonds. The Bertz CT molecular complexity index is 1090. The Morgan fingerprint density at radius 1 is 0.852 bits per heavy atom. The first-order valence-corrected chi connectivity index (χ1v) is 8.76. The molecule has 0 saturated heterocycles. The van der Waals surface area contributed by atoms with Gasteiger partial charge in [-0.1, -0.05) is 54.6 Å². The number of ether oxygens (including phenoxy) is 1. The van der Waals surface area contributed by atoms with E-state index < -0.39 is 0 Å². The van der Waals surface area contributed by atoms with E-state index in [2.05, 4.69) is 0 Å². The van der Waals surface area contributed by atoms with Crippen LogP contribution in [0, 0.1) is 0 Å². The van der Waals surface area contributed by atoms with Gasteiger partial charge in [0, 0.05) is 5.56 Å². The number of benzene rings is 3. The van der Waals surface area contributed by atoms with Crippen LogP contribution in [-0.2, 0) is 6.61 Å². The Kier molecular flexibility index (Phi) is 4.84. The second-order valence-corrected chi connectivity index (χ2v) is 6.17. The van der Waals surface area contributed by atoms with Crippen molar-refractivity contribution in [1.82, 2.24) is 0 Å². The van der Waals surface area contributed by atoms with Gasteiger partial charge in [0.15, 0.2) is 5.78 Å². The molecule has 0 saturated carbocycles. The number of carbonyl (C=O) groups excluding carboxylic acids is 1. The van der Waals surface area contributed by atoms with Crippen molar-refractivity contribution in [3.05, 3.63) is 108 Å². The summed E-state index contributed by atoms with van der Waals surface area (Å²) < 4.78 is 11.4. The topological polar surface area (TPSA) is 39.4 Å². The van der Waals surface area contributed by atoms with Gasteiger partial charge in [-0.25, -0.2) is 0 Å². The van der Waals surface area contributed by atoms with E-state index in [4.69, 9.17) is 9.15 Å². The number of ketones is 1. The molecular formula is C24H18O3. The Morgan fingerprint density at radius 2 is 1.63 bits per heavy atom. The predicted octanol–water partition coefficient (Wildman–Crippen LogP) is 5.91. The largest absolute Gasteiger partial charge is 0.486 e. The quantitative estimate of drug-likeness (QED) is 0.319. The number of hydrogen-bond acceptors (Lipinski definition) is 3. The average molecular weight is 354 g/mol. The van der Waals surface area contributed by atoms with Gasteiger partial charge in [0.1, 0.15) is 23.9 Å². The monoisotopic (exact) mass is 354 g/mol. The molecule has 3 heteroatoms. The molecule has 0 bridgehead atoms. The highest BCUT2D eigenvalue weighted by atomic mass is 16.5. The van der Waals surface area contributed by atoms with E-state index in [1.807, 2.05) is 84.9 Å². The molecule has 0 spiro atoms. The van der Waals surface area contributed by atoms with E-state index in [1.165, 1.54) is 6.08 Å². The lowest BCUT2D eigenvalue weighted by molar-refractivity contribution is 0.104. The summed E-state index contributed by atoms with van der Waals surface area (Å²) in [4.78, 5) is 12.4. The minimum absolute atomic E-state index is 0.0563. The summed E-state index contributed by atoms with van der Waals surface area (Å²) in [5.74, 6) is 2.06. The molecule has 0 atom stereocenters. The lowest BCUT2D eigenvalue weighted by Crippen LogP contribution is -1.94. The SMILES string of the molecule is O=C(/C=C/c1ccc(COc2ccccc2)o1)c1ccc2ccccc2c1. The van der Waals surface area contributed by atoms with Crippen molar-refractivity contribution in [2.45, 2.75) is 6.61 Å². The fraction of sp³-hybridized carbons (Fsp3) is 0.0417. The summed E-state index contributed by atoms with van der Waals surface area (Å²) in [6.45, 7) is 0.344. The molecule has 3 nitrogen and oxygen atoms in total. The van der Waals surface area contributed by atoms with Gasteiger partial charge in [0.2, 0.25) is 0 Å². The standard InChI is InChI=1S/C24H18O3/c25-24(20-11-10-18-6-4-5-7-19(18)16-20)15-14-22-12-13-23(27-22)17-26-21-8-2-1-3-9-21/h1-16H,17H2/b15-14+. The van der Waals surface area contributed by atoms with Gasteiger partial charge < -0.3 is 9.15 Å². The van der Waals surface area contributed by atoms with Crippen LogP contribution in [0.3, 0.4) is 0 Å². The fourth-order valence-corrected chi connectivity index (χ4v) is 2.83. The second-order valence-electron chi connectivity index (χ2n) is 6.17. The summed E-state index contributed by atoms with van der Waals surface area (Å²) >= 11 is 0. The summed E-state index contributed by atoms with van der Waals surface area (Å²) in [6.07, 6.45) is 3.22. The van der Waals surface area contributed by atoms with Crippen molar-refractivity contribution in [3.63, 3.8) is 0 Å². The zero-order valence-electron chi connectivity index (χ0n) is 14.7. The molecule has 0 aliphatic carbocycles. The van der Waals surface area contributed by atoms with Crippen LogP contribution in [0.25, 0.3) is 16.8 Å². The minimum atomic E-state index is -0.0563. The van der Waals surface area contributed by atoms with Crippen LogP contribution < -0.4 is 4.74 Å². The van der Waals surface area contributed by atoms with Crippen LogP contribution in [0.15, 0.2) is 95.4 Å². The smallest absolute Gasteiger partial charge is 0.185 e. The third-order valence-electron chi connectivity index (χ3n) is 4.24. The first-order chi connectivity index (χ1) is 13.3. The lowest BCUT2D eigenvalue weighted by Gasteiger charge is -2.02. The Morgan fingerprint density at radius 3 is 2.48 bits per heavy atom. The Hall–Kier alpha value is -3.59. The average Bonchev–Trinajstić information content (AvgIpc) is 3.19. The molecule has 4 rings (SSSR count). The molecule has 4 aromatic rings. The molecule has 0 aliphatic heterocycles. The van der Waals surface area contributed by atoms with Crippen molar-refractivity contribution >= 4 is 22.6 Å². The maximum atomic E-state index is 12.4. The number of hydrogen-bond donors (Lipinski definition) is 0. The van der Waals surface area contributed by atoms with Crippen molar-refractivity contribution in [3.8, 4) is 5.75 Å². The van der Waals surface area contributed by atoms with E-state index in [-0.39, 0.29) is 5.78 Å². The molecule has 0 aliphatic rings. The molecule has 1 aromatic heterocycles. The molecule has 3 aromatic carbocycles. The van der Waals surface area contributed by atoms with E-state index in [0.717, 1.165) is 16.5 Å². The van der Waals surface area contributed by atoms with Crippen molar-refractivity contribution in [2.24, 2.45) is 0 Å². The molecule has 0 radical (unpaired) electrons. The third kappa shape index (κ3) is 4.15. The first-order valence-electron chi connectivity index (χ1n) is 8.76. The van der Waals surface area contributed by atoms with E-state index in [9.17, 15) is 4.79 Å². The van der Waals surface area contributed by atoms with Crippen LogP contribution in [0.2, 0.25) is 0 Å². The number of rotatable bonds is 6. The van der Waals surface area contributed by atoms with Gasteiger partial charge in [0.25, 0.3) is 0 Å². The predicted molar refractivity (Wildman–Crippen MR) is 107 cm³/mol. The normalized spacial score (nSPS) is 11.1. The van der Waals surface area contributed by atoms with Gasteiger partial charge in [-0.05, 0) is 53.3 Å². The highest BCUT2D eigenvalue weighted by Gasteiger charge is 2.05. The highest BCUT2D eigenvalue weighted by Crippen LogP contribution is 2.18. The zero-order chi connectivity index (χ0) is 18.5. The number of allylic oxidation sites excluding steroid dienone is 1. The number of fused-ring (bicyclic) bond motifs is 1. The summed E-state index contributed by atoms with van der Waals surface area (Å²) in [7, 11) is 0. The van der Waals surface area contributed by atoms with Crippen LogP contribution >= 0.6 is 0 Å². The van der Waals surface area contributed by atoms with Gasteiger partial charge in [-0.15, -0.1) is 0 Å². The maximum Gasteiger partial charge on any atom is 0.185 e. The molecule has 0 N–H and O–H groups in total. The Balaban J connectivity index is 1.41. The van der Waals surface area contributed by atoms with Gasteiger partial charge in [-0.3, -0.25) is 4.79 Å². The first kappa shape index (κ1) is 16.9. The summed E-state index contributed by atoms with van der Waals surface area (Å²) in [5, 5.41) is 2.17. The second kappa shape index (κ2) is 7.75. The lowest BCUT2D eigenvalue weighted by atomic mass is 10.0. The van der Waals surface area contributed by atoms with Crippen molar-refractivity contribution in [2.75, 3.05) is 0 Å². The van der Waals surface area contributed by atoms with Gasteiger partial charge in [-0.2, -0.15) is 0 Å². The van der Waals surface area contributed by atoms with Crippen LogP contribution in [0.4, 0.5) is 0 Å². The summed E-state index contributed by atoms with van der Waals surface area (Å²) in [6, 6.07) is 26.9. The zero-order valence-corrected chi connectivity index (χ0v) is 14.7. The maximum absolute atomic E-state index is 12.4. The van der Waals surface area contributed by atoms with Gasteiger partial charge >= 0.3 is 0 Å². The molecular weight excluding hydrogens is 336 g/mol.